The Bertz CT molecular complexity index is 1370. The average molecular weight is 507 g/mol. The summed E-state index contributed by atoms with van der Waals surface area (Å²) >= 11 is 0. The summed E-state index contributed by atoms with van der Waals surface area (Å²) in [5.41, 5.74) is 1.18. The van der Waals surface area contributed by atoms with Crippen molar-refractivity contribution in [3.63, 3.8) is 0 Å². The van der Waals surface area contributed by atoms with Gasteiger partial charge in [-0.2, -0.15) is 13.2 Å². The van der Waals surface area contributed by atoms with Crippen molar-refractivity contribution in [2.45, 2.75) is 6.18 Å². The molecule has 1 fully saturated rings. The Kier molecular flexibility index (Phi) is 7.00. The summed E-state index contributed by atoms with van der Waals surface area (Å²) < 4.78 is 40.2. The van der Waals surface area contributed by atoms with Gasteiger partial charge in [-0.25, -0.2) is 9.97 Å². The average Bonchev–Trinajstić information content (AvgIpc) is 2.93. The summed E-state index contributed by atoms with van der Waals surface area (Å²) in [5, 5.41) is 3.80. The standard InChI is InChI=1S/C27H25F3N6O/c28-27(29,30)23-9-8-21-24(34-23)22(19-5-2-1-3-6-19)18-33-25(21)32-11-12-35-13-15-36(16-14-35)26(37)20-7-4-10-31-17-20/h1-10,17-18H,11-16H2,(H,32,33). The van der Waals surface area contributed by atoms with Gasteiger partial charge in [0, 0.05) is 68.8 Å². The fourth-order valence-electron chi connectivity index (χ4n) is 4.42. The highest BCUT2D eigenvalue weighted by Gasteiger charge is 2.33. The second-order valence-electron chi connectivity index (χ2n) is 8.78. The van der Waals surface area contributed by atoms with E-state index in [2.05, 4.69) is 25.2 Å². The van der Waals surface area contributed by atoms with E-state index in [9.17, 15) is 18.0 Å². The molecule has 3 aromatic heterocycles. The molecule has 1 amide bonds. The second-order valence-corrected chi connectivity index (χ2v) is 8.78. The Hall–Kier alpha value is -4.05. The first-order valence-corrected chi connectivity index (χ1v) is 12.0. The molecular weight excluding hydrogens is 481 g/mol. The number of anilines is 1. The van der Waals surface area contributed by atoms with Crippen molar-refractivity contribution in [2.75, 3.05) is 44.6 Å². The van der Waals surface area contributed by atoms with Gasteiger partial charge < -0.3 is 10.2 Å². The zero-order valence-corrected chi connectivity index (χ0v) is 19.9. The lowest BCUT2D eigenvalue weighted by atomic mass is 10.0. The Labute approximate surface area is 212 Å². The Morgan fingerprint density at radius 2 is 1.73 bits per heavy atom. The lowest BCUT2D eigenvalue weighted by Gasteiger charge is -2.34. The predicted molar refractivity (Wildman–Crippen MR) is 135 cm³/mol. The van der Waals surface area contributed by atoms with Gasteiger partial charge in [0.25, 0.3) is 5.91 Å². The van der Waals surface area contributed by atoms with Crippen LogP contribution >= 0.6 is 0 Å². The molecule has 1 aliphatic rings. The SMILES string of the molecule is O=C(c1cccnc1)N1CCN(CCNc2ncc(-c3ccccc3)c3nc(C(F)(F)F)ccc23)CC1. The van der Waals surface area contributed by atoms with E-state index in [1.165, 1.54) is 6.07 Å². The minimum absolute atomic E-state index is 0.0224. The van der Waals surface area contributed by atoms with Gasteiger partial charge in [0.2, 0.25) is 0 Å². The van der Waals surface area contributed by atoms with Gasteiger partial charge in [-0.1, -0.05) is 30.3 Å². The van der Waals surface area contributed by atoms with Crippen molar-refractivity contribution < 1.29 is 18.0 Å². The fraction of sp³-hybridized carbons (Fsp3) is 0.259. The summed E-state index contributed by atoms with van der Waals surface area (Å²) in [6.07, 6.45) is 0.237. The van der Waals surface area contributed by atoms with Crippen LogP contribution in [0.4, 0.5) is 19.0 Å². The molecule has 0 saturated carbocycles. The first-order chi connectivity index (χ1) is 17.9. The van der Waals surface area contributed by atoms with E-state index in [4.69, 9.17) is 0 Å². The maximum absolute atomic E-state index is 13.4. The number of halogens is 3. The minimum Gasteiger partial charge on any atom is -0.368 e. The number of carbonyl (C=O) groups is 1. The molecule has 0 spiro atoms. The molecule has 0 bridgehead atoms. The molecule has 0 unspecified atom stereocenters. The summed E-state index contributed by atoms with van der Waals surface area (Å²) in [5.74, 6) is 0.465. The van der Waals surface area contributed by atoms with Crippen LogP contribution in [0.25, 0.3) is 22.0 Å². The van der Waals surface area contributed by atoms with Crippen molar-refractivity contribution in [3.8, 4) is 11.1 Å². The lowest BCUT2D eigenvalue weighted by molar-refractivity contribution is -0.140. The molecule has 5 rings (SSSR count). The van der Waals surface area contributed by atoms with Crippen molar-refractivity contribution in [1.82, 2.24) is 24.8 Å². The molecule has 0 aliphatic carbocycles. The van der Waals surface area contributed by atoms with Gasteiger partial charge in [-0.3, -0.25) is 14.7 Å². The van der Waals surface area contributed by atoms with Gasteiger partial charge in [-0.15, -0.1) is 0 Å². The summed E-state index contributed by atoms with van der Waals surface area (Å²) in [7, 11) is 0. The summed E-state index contributed by atoms with van der Waals surface area (Å²) in [6.45, 7) is 3.93. The zero-order valence-electron chi connectivity index (χ0n) is 19.9. The molecule has 37 heavy (non-hydrogen) atoms. The van der Waals surface area contributed by atoms with Gasteiger partial charge >= 0.3 is 6.18 Å². The Balaban J connectivity index is 1.26. The third-order valence-electron chi connectivity index (χ3n) is 6.39. The number of hydrogen-bond donors (Lipinski definition) is 1. The van der Waals surface area contributed by atoms with Crippen molar-refractivity contribution in [2.24, 2.45) is 0 Å². The van der Waals surface area contributed by atoms with E-state index in [0.29, 0.717) is 48.5 Å². The topological polar surface area (TPSA) is 74.2 Å². The highest BCUT2D eigenvalue weighted by molar-refractivity contribution is 5.99. The van der Waals surface area contributed by atoms with Crippen LogP contribution in [0, 0.1) is 0 Å². The van der Waals surface area contributed by atoms with Crippen LogP contribution in [0.5, 0.6) is 0 Å². The molecule has 1 aromatic carbocycles. The van der Waals surface area contributed by atoms with E-state index in [-0.39, 0.29) is 11.4 Å². The number of hydrogen-bond acceptors (Lipinski definition) is 6. The molecule has 190 valence electrons. The number of amides is 1. The highest BCUT2D eigenvalue weighted by atomic mass is 19.4. The Morgan fingerprint density at radius 1 is 0.946 bits per heavy atom. The van der Waals surface area contributed by atoms with E-state index in [0.717, 1.165) is 24.7 Å². The van der Waals surface area contributed by atoms with Gasteiger partial charge in [0.15, 0.2) is 0 Å². The van der Waals surface area contributed by atoms with Crippen LogP contribution in [0.3, 0.4) is 0 Å². The lowest BCUT2D eigenvalue weighted by Crippen LogP contribution is -2.49. The molecule has 0 radical (unpaired) electrons. The van der Waals surface area contributed by atoms with Crippen LogP contribution in [-0.2, 0) is 6.18 Å². The smallest absolute Gasteiger partial charge is 0.368 e. The predicted octanol–water partition coefficient (Wildman–Crippen LogP) is 4.58. The first-order valence-electron chi connectivity index (χ1n) is 12.0. The fourth-order valence-corrected chi connectivity index (χ4v) is 4.42. The van der Waals surface area contributed by atoms with Crippen LogP contribution < -0.4 is 5.32 Å². The van der Waals surface area contributed by atoms with Gasteiger partial charge in [0.05, 0.1) is 11.1 Å². The van der Waals surface area contributed by atoms with Gasteiger partial charge in [-0.05, 0) is 29.8 Å². The van der Waals surface area contributed by atoms with Crippen LogP contribution in [-0.4, -0.2) is 69.9 Å². The number of carbonyl (C=O) groups excluding carboxylic acids is 1. The maximum atomic E-state index is 13.4. The van der Waals surface area contributed by atoms with E-state index >= 15 is 0 Å². The van der Waals surface area contributed by atoms with Gasteiger partial charge in [0.1, 0.15) is 11.5 Å². The third kappa shape index (κ3) is 5.54. The molecular formula is C27H25F3N6O. The summed E-state index contributed by atoms with van der Waals surface area (Å²) in [6, 6.07) is 15.1. The second kappa shape index (κ2) is 10.5. The number of nitrogens with one attached hydrogen (secondary N) is 1. The number of benzene rings is 1. The maximum Gasteiger partial charge on any atom is 0.433 e. The molecule has 10 heteroatoms. The number of piperazine rings is 1. The van der Waals surface area contributed by atoms with Crippen molar-refractivity contribution in [1.29, 1.82) is 0 Å². The highest BCUT2D eigenvalue weighted by Crippen LogP contribution is 2.34. The monoisotopic (exact) mass is 506 g/mol. The molecule has 1 saturated heterocycles. The molecule has 4 heterocycles. The molecule has 1 aliphatic heterocycles. The third-order valence-corrected chi connectivity index (χ3v) is 6.39. The van der Waals surface area contributed by atoms with Crippen LogP contribution in [0.1, 0.15) is 16.1 Å². The minimum atomic E-state index is -4.54. The quantitative estimate of drug-likeness (QED) is 0.413. The normalized spacial score (nSPS) is 14.6. The van der Waals surface area contributed by atoms with E-state index < -0.39 is 11.9 Å². The largest absolute Gasteiger partial charge is 0.433 e. The number of alkyl halides is 3. The molecule has 1 N–H and O–H groups in total. The van der Waals surface area contributed by atoms with Crippen molar-refractivity contribution in [3.05, 3.63) is 84.4 Å². The number of pyridine rings is 3. The molecule has 0 atom stereocenters. The molecule has 7 nitrogen and oxygen atoms in total. The van der Waals surface area contributed by atoms with Crippen molar-refractivity contribution >= 4 is 22.6 Å². The zero-order chi connectivity index (χ0) is 25.8. The molecule has 4 aromatic rings. The number of aromatic nitrogens is 3. The van der Waals surface area contributed by atoms with Crippen LogP contribution in [0.15, 0.2) is 73.2 Å². The summed E-state index contributed by atoms with van der Waals surface area (Å²) in [4.78, 5) is 29.2. The number of rotatable bonds is 6. The Morgan fingerprint density at radius 3 is 2.43 bits per heavy atom. The number of nitrogens with zero attached hydrogens (tertiary/aromatic N) is 5. The first kappa shape index (κ1) is 24.6. The van der Waals surface area contributed by atoms with E-state index in [1.54, 1.807) is 30.7 Å². The van der Waals surface area contributed by atoms with E-state index in [1.807, 2.05) is 35.2 Å². The number of fused-ring (bicyclic) bond motifs is 1. The van der Waals surface area contributed by atoms with Crippen LogP contribution in [0.2, 0.25) is 0 Å².